The molecule has 2 aliphatic carbocycles. The van der Waals surface area contributed by atoms with Crippen LogP contribution >= 0.6 is 0 Å². The smallest absolute Gasteiger partial charge is 0.161 e. The maximum atomic E-state index is 14.6. The van der Waals surface area contributed by atoms with Crippen molar-refractivity contribution in [3.05, 3.63) is 135 Å². The fraction of sp³-hybridized carbons (Fsp3) is 0.400. The summed E-state index contributed by atoms with van der Waals surface area (Å²) in [4.78, 5) is 35.2. The lowest BCUT2D eigenvalue weighted by atomic mass is 9.71. The molecule has 0 spiro atoms. The molecule has 2 aromatic heterocycles. The van der Waals surface area contributed by atoms with E-state index in [2.05, 4.69) is 39.6 Å². The molecule has 5 aromatic rings. The summed E-state index contributed by atoms with van der Waals surface area (Å²) in [5, 5.41) is 46.5. The zero-order valence-corrected chi connectivity index (χ0v) is 34.2. The lowest BCUT2D eigenvalue weighted by molar-refractivity contribution is -0.129. The Morgan fingerprint density at radius 1 is 0.817 bits per heavy atom. The number of rotatable bonds is 10. The Labute approximate surface area is 351 Å². The van der Waals surface area contributed by atoms with Gasteiger partial charge in [-0.15, -0.1) is 0 Å². The molecule has 60 heavy (non-hydrogen) atoms. The molecule has 10 heteroatoms. The molecule has 3 aromatic carbocycles. The molecule has 3 atom stereocenters. The Morgan fingerprint density at radius 3 is 2.48 bits per heavy atom. The highest BCUT2D eigenvalue weighted by molar-refractivity contribution is 6.02. The molecule has 1 saturated carbocycles. The number of hydrogen-bond donors (Lipinski definition) is 7. The maximum Gasteiger partial charge on any atom is 0.161 e. The van der Waals surface area contributed by atoms with Gasteiger partial charge >= 0.3 is 0 Å². The van der Waals surface area contributed by atoms with Gasteiger partial charge in [-0.1, -0.05) is 36.4 Å². The SMILES string of the molecule is O=C1CCc2cc(c(O)c(OC3CCCC3)c2)Cc2ccc(CCCO)c(c2)Cc2cc[nH]c2NCC2=Cc3[nH]ccc3[C@@H](C[C@H](O)CCc3cccc(O)c3)[C@@H]2C(=O)C1. The van der Waals surface area contributed by atoms with Gasteiger partial charge in [-0.05, 0) is 145 Å². The number of ketones is 2. The van der Waals surface area contributed by atoms with Crippen molar-refractivity contribution in [2.24, 2.45) is 5.92 Å². The predicted octanol–water partition coefficient (Wildman–Crippen LogP) is 8.25. The first kappa shape index (κ1) is 41.2. The summed E-state index contributed by atoms with van der Waals surface area (Å²) >= 11 is 0. The lowest BCUT2D eigenvalue weighted by Gasteiger charge is -2.34. The van der Waals surface area contributed by atoms with Crippen LogP contribution in [0.5, 0.6) is 17.2 Å². The number of H-pyrrole nitrogens is 2. The second-order valence-corrected chi connectivity index (χ2v) is 17.1. The van der Waals surface area contributed by atoms with E-state index in [0.717, 1.165) is 93.7 Å². The third-order valence-electron chi connectivity index (χ3n) is 12.7. The molecule has 8 rings (SSSR count). The summed E-state index contributed by atoms with van der Waals surface area (Å²) in [6.07, 6.45) is 13.3. The standard InChI is InChI=1S/C50H57N3O7/c54-20-4-6-34-13-10-32-21-36(34)26-35-16-18-52-50(35)53-30-38-27-45-43(17-19-51-45)44(28-40(56)14-11-31-5-3-7-39(55)24-31)48(38)46(58)29-41(57)15-12-33-23-37(22-32)49(59)47(25-33)60-42-8-1-2-9-42/h3,5,7,10,13,16-19,21,23-25,27,40,42,44,48,51-56,59H,1-2,4,6,8-9,11-12,14-15,20,22,26,28-30H2/t40-,44-,48-/m1/s1. The first-order valence-corrected chi connectivity index (χ1v) is 21.7. The highest BCUT2D eigenvalue weighted by Crippen LogP contribution is 2.43. The monoisotopic (exact) mass is 811 g/mol. The highest BCUT2D eigenvalue weighted by atomic mass is 16.5. The third-order valence-corrected chi connectivity index (χ3v) is 12.7. The van der Waals surface area contributed by atoms with Crippen LogP contribution < -0.4 is 10.1 Å². The highest BCUT2D eigenvalue weighted by Gasteiger charge is 2.38. The molecule has 0 radical (unpaired) electrons. The van der Waals surface area contributed by atoms with Crippen molar-refractivity contribution >= 4 is 23.5 Å². The van der Waals surface area contributed by atoms with Gasteiger partial charge < -0.3 is 40.4 Å². The van der Waals surface area contributed by atoms with Crippen LogP contribution in [0.4, 0.5) is 5.82 Å². The second kappa shape index (κ2) is 18.8. The van der Waals surface area contributed by atoms with E-state index < -0.39 is 12.0 Å². The van der Waals surface area contributed by atoms with E-state index in [4.69, 9.17) is 4.74 Å². The first-order valence-electron chi connectivity index (χ1n) is 21.7. The van der Waals surface area contributed by atoms with E-state index >= 15 is 0 Å². The van der Waals surface area contributed by atoms with Gasteiger partial charge in [0.15, 0.2) is 11.5 Å². The number of phenols is 2. The number of aliphatic hydroxyl groups excluding tert-OH is 2. The Bertz CT molecular complexity index is 2330. The Morgan fingerprint density at radius 2 is 1.65 bits per heavy atom. The largest absolute Gasteiger partial charge is 0.508 e. The van der Waals surface area contributed by atoms with Crippen LogP contribution in [0.1, 0.15) is 114 Å². The van der Waals surface area contributed by atoms with Crippen molar-refractivity contribution < 1.29 is 34.8 Å². The zero-order chi connectivity index (χ0) is 41.6. The molecule has 3 aliphatic rings. The zero-order valence-electron chi connectivity index (χ0n) is 34.2. The summed E-state index contributed by atoms with van der Waals surface area (Å²) in [6.45, 7) is 0.441. The van der Waals surface area contributed by atoms with Crippen molar-refractivity contribution in [2.75, 3.05) is 18.5 Å². The minimum absolute atomic E-state index is 0.0331. The van der Waals surface area contributed by atoms with Gasteiger partial charge in [0, 0.05) is 67.9 Å². The van der Waals surface area contributed by atoms with Gasteiger partial charge in [0.2, 0.25) is 0 Å². The molecular formula is C50H57N3O7. The normalized spacial score (nSPS) is 19.2. The summed E-state index contributed by atoms with van der Waals surface area (Å²) in [7, 11) is 0. The van der Waals surface area contributed by atoms with Gasteiger partial charge in [-0.25, -0.2) is 0 Å². The van der Waals surface area contributed by atoms with Gasteiger partial charge in [-0.3, -0.25) is 9.59 Å². The molecule has 7 N–H and O–H groups in total. The van der Waals surface area contributed by atoms with Crippen LogP contribution in [-0.2, 0) is 41.7 Å². The van der Waals surface area contributed by atoms with Crippen molar-refractivity contribution in [1.29, 1.82) is 0 Å². The fourth-order valence-electron chi connectivity index (χ4n) is 9.62. The summed E-state index contributed by atoms with van der Waals surface area (Å²) in [6, 6.07) is 21.3. The number of aryl methyl sites for hydroxylation is 3. The quantitative estimate of drug-likeness (QED) is 0.0693. The third kappa shape index (κ3) is 9.72. The van der Waals surface area contributed by atoms with Gasteiger partial charge in [0.25, 0.3) is 0 Å². The first-order chi connectivity index (χ1) is 29.2. The van der Waals surface area contributed by atoms with Crippen LogP contribution in [0, 0.1) is 5.92 Å². The molecule has 3 heterocycles. The average Bonchev–Trinajstić information content (AvgIpc) is 4.03. The van der Waals surface area contributed by atoms with E-state index in [9.17, 15) is 30.0 Å². The van der Waals surface area contributed by atoms with E-state index in [1.807, 2.05) is 42.7 Å². The van der Waals surface area contributed by atoms with Gasteiger partial charge in [-0.2, -0.15) is 0 Å². The topological polar surface area (TPSA) is 168 Å². The number of Topliss-reactive ketones (excluding diaryl/α,β-unsaturated/α-hetero) is 2. The second-order valence-electron chi connectivity index (χ2n) is 17.1. The van der Waals surface area contributed by atoms with Crippen molar-refractivity contribution in [2.45, 2.75) is 108 Å². The summed E-state index contributed by atoms with van der Waals surface area (Å²) in [5.41, 5.74) is 9.56. The molecule has 1 fully saturated rings. The van der Waals surface area contributed by atoms with E-state index in [0.29, 0.717) is 57.2 Å². The predicted molar refractivity (Wildman–Crippen MR) is 233 cm³/mol. The molecule has 10 nitrogen and oxygen atoms in total. The van der Waals surface area contributed by atoms with Crippen molar-refractivity contribution in [3.8, 4) is 17.2 Å². The maximum absolute atomic E-state index is 14.6. The number of aromatic amines is 2. The van der Waals surface area contributed by atoms with Crippen molar-refractivity contribution in [3.63, 3.8) is 0 Å². The number of fused-ring (bicyclic) bond motifs is 7. The number of nitrogens with one attached hydrogen (secondary N) is 3. The number of aromatic hydroxyl groups is 2. The van der Waals surface area contributed by atoms with Crippen molar-refractivity contribution in [1.82, 2.24) is 9.97 Å². The summed E-state index contributed by atoms with van der Waals surface area (Å²) < 4.78 is 6.41. The molecule has 0 unspecified atom stereocenters. The molecule has 4 bridgehead atoms. The summed E-state index contributed by atoms with van der Waals surface area (Å²) in [5.74, 6) is 0.237. The molecule has 1 aliphatic heterocycles. The lowest BCUT2D eigenvalue weighted by Crippen LogP contribution is -2.33. The number of hydrogen-bond acceptors (Lipinski definition) is 8. The van der Waals surface area contributed by atoms with E-state index in [1.165, 1.54) is 0 Å². The number of benzene rings is 3. The van der Waals surface area contributed by atoms with Crippen LogP contribution in [0.15, 0.2) is 84.7 Å². The minimum atomic E-state index is -0.733. The number of carbonyl (C=O) groups excluding carboxylic acids is 2. The molecule has 0 saturated heterocycles. The number of carbonyl (C=O) groups is 2. The van der Waals surface area contributed by atoms with Crippen LogP contribution in [-0.4, -0.2) is 67.3 Å². The van der Waals surface area contributed by atoms with E-state index in [-0.39, 0.29) is 54.5 Å². The van der Waals surface area contributed by atoms with Gasteiger partial charge in [0.05, 0.1) is 18.6 Å². The van der Waals surface area contributed by atoms with Crippen LogP contribution in [0.2, 0.25) is 0 Å². The van der Waals surface area contributed by atoms with Crippen LogP contribution in [0.25, 0.3) is 6.08 Å². The number of ether oxygens (including phenoxy) is 1. The Hall–Kier alpha value is -5.58. The molecular weight excluding hydrogens is 755 g/mol. The van der Waals surface area contributed by atoms with E-state index in [1.54, 1.807) is 18.2 Å². The molecule has 314 valence electrons. The fourth-order valence-corrected chi connectivity index (χ4v) is 9.62. The van der Waals surface area contributed by atoms with Gasteiger partial charge in [0.1, 0.15) is 23.1 Å². The Balaban J connectivity index is 1.14. The number of phenolic OH excluding ortho intramolecular Hbond substituents is 2. The number of aromatic nitrogens is 2. The minimum Gasteiger partial charge on any atom is -0.508 e. The van der Waals surface area contributed by atoms with Crippen LogP contribution in [0.3, 0.4) is 0 Å². The molecule has 0 amide bonds. The number of aliphatic hydroxyl groups is 2. The Kier molecular flexibility index (Phi) is 12.9. The number of anilines is 1. The average molecular weight is 812 g/mol.